The highest BCUT2D eigenvalue weighted by Gasteiger charge is 2.10. The van der Waals surface area contributed by atoms with Gasteiger partial charge >= 0.3 is 0 Å². The first kappa shape index (κ1) is 18.3. The number of aliphatic hydroxyl groups is 1. The van der Waals surface area contributed by atoms with Gasteiger partial charge in [-0.3, -0.25) is 4.98 Å². The van der Waals surface area contributed by atoms with Gasteiger partial charge in [0.25, 0.3) is 0 Å². The smallest absolute Gasteiger partial charge is 0.225 e. The lowest BCUT2D eigenvalue weighted by atomic mass is 10.2. The van der Waals surface area contributed by atoms with E-state index in [0.717, 1.165) is 27.0 Å². The van der Waals surface area contributed by atoms with E-state index >= 15 is 0 Å². The largest absolute Gasteiger partial charge is 0.394 e. The maximum atomic E-state index is 9.30. The van der Waals surface area contributed by atoms with E-state index in [1.807, 2.05) is 50.2 Å². The Morgan fingerprint density at radius 3 is 2.58 bits per heavy atom. The number of aliphatic hydroxyl groups excluding tert-OH is 1. The second-order valence-corrected chi connectivity index (χ2v) is 6.93. The van der Waals surface area contributed by atoms with Crippen molar-refractivity contribution in [3.8, 4) is 11.3 Å². The molecule has 1 atom stereocenters. The number of aryl methyl sites for hydroxylation is 1. The number of hydrogen-bond acceptors (Lipinski definition) is 6. The van der Waals surface area contributed by atoms with Gasteiger partial charge in [0, 0.05) is 40.2 Å². The van der Waals surface area contributed by atoms with Crippen molar-refractivity contribution < 1.29 is 5.11 Å². The average Bonchev–Trinajstić information content (AvgIpc) is 2.64. The summed E-state index contributed by atoms with van der Waals surface area (Å²) in [6.45, 7) is 3.90. The molecule has 7 heteroatoms. The Morgan fingerprint density at radius 1 is 1.12 bits per heavy atom. The summed E-state index contributed by atoms with van der Waals surface area (Å²) in [6, 6.07) is 11.6. The number of halogens is 1. The van der Waals surface area contributed by atoms with Crippen LogP contribution in [0.2, 0.25) is 0 Å². The number of aromatic nitrogens is 3. The molecular weight excluding hydrogens is 394 g/mol. The second kappa shape index (κ2) is 8.25. The zero-order valence-corrected chi connectivity index (χ0v) is 16.2. The van der Waals surface area contributed by atoms with E-state index in [1.54, 1.807) is 12.4 Å². The van der Waals surface area contributed by atoms with Crippen molar-refractivity contribution in [3.05, 3.63) is 58.8 Å². The third-order valence-electron chi connectivity index (χ3n) is 3.80. The number of nitrogens with one attached hydrogen (secondary N) is 2. The standard InChI is InChI=1S/C19H20BrN5O/c1-12-9-15(20)3-4-16(12)23-18-10-17(14-5-7-21-8-6-14)24-19(25-18)22-13(2)11-26/h3-10,13,26H,11H2,1-2H3,(H2,22,23,24,25)/t13-/m0/s1. The van der Waals surface area contributed by atoms with Gasteiger partial charge in [-0.15, -0.1) is 0 Å². The summed E-state index contributed by atoms with van der Waals surface area (Å²) >= 11 is 3.48. The molecule has 0 saturated heterocycles. The van der Waals surface area contributed by atoms with Crippen LogP contribution in [0.3, 0.4) is 0 Å². The topological polar surface area (TPSA) is 83.0 Å². The molecule has 0 bridgehead atoms. The summed E-state index contributed by atoms with van der Waals surface area (Å²) in [5, 5.41) is 15.8. The van der Waals surface area contributed by atoms with E-state index < -0.39 is 0 Å². The number of pyridine rings is 1. The fourth-order valence-electron chi connectivity index (χ4n) is 2.42. The third-order valence-corrected chi connectivity index (χ3v) is 4.30. The van der Waals surface area contributed by atoms with Crippen LogP contribution in [0.15, 0.2) is 53.3 Å². The Hall–Kier alpha value is -2.51. The van der Waals surface area contributed by atoms with Crippen molar-refractivity contribution >= 4 is 33.4 Å². The Kier molecular flexibility index (Phi) is 5.80. The molecule has 26 heavy (non-hydrogen) atoms. The second-order valence-electron chi connectivity index (χ2n) is 6.01. The van der Waals surface area contributed by atoms with Crippen molar-refractivity contribution in [2.24, 2.45) is 0 Å². The molecule has 1 aromatic carbocycles. The quantitative estimate of drug-likeness (QED) is 0.562. The number of benzene rings is 1. The molecule has 2 heterocycles. The minimum absolute atomic E-state index is 0.00255. The monoisotopic (exact) mass is 413 g/mol. The molecule has 3 rings (SSSR count). The molecule has 0 amide bonds. The van der Waals surface area contributed by atoms with Gasteiger partial charge in [-0.25, -0.2) is 4.98 Å². The predicted octanol–water partition coefficient (Wildman–Crippen LogP) is 4.15. The molecule has 2 aromatic heterocycles. The lowest BCUT2D eigenvalue weighted by Gasteiger charge is -2.15. The van der Waals surface area contributed by atoms with Crippen molar-refractivity contribution in [2.75, 3.05) is 17.2 Å². The molecular formula is C19H20BrN5O. The number of rotatable bonds is 6. The molecule has 0 aliphatic rings. The van der Waals surface area contributed by atoms with E-state index in [1.165, 1.54) is 0 Å². The molecule has 0 aliphatic carbocycles. The highest BCUT2D eigenvalue weighted by molar-refractivity contribution is 9.10. The average molecular weight is 414 g/mol. The fourth-order valence-corrected chi connectivity index (χ4v) is 2.89. The summed E-state index contributed by atoms with van der Waals surface area (Å²) < 4.78 is 1.03. The van der Waals surface area contributed by atoms with Gasteiger partial charge in [0.2, 0.25) is 5.95 Å². The highest BCUT2D eigenvalue weighted by Crippen LogP contribution is 2.26. The van der Waals surface area contributed by atoms with E-state index in [2.05, 4.69) is 41.5 Å². The molecule has 0 unspecified atom stereocenters. The SMILES string of the molecule is Cc1cc(Br)ccc1Nc1cc(-c2ccncc2)nc(N[C@@H](C)CO)n1. The van der Waals surface area contributed by atoms with Crippen LogP contribution >= 0.6 is 15.9 Å². The molecule has 134 valence electrons. The zero-order valence-electron chi connectivity index (χ0n) is 14.6. The summed E-state index contributed by atoms with van der Waals surface area (Å²) in [7, 11) is 0. The van der Waals surface area contributed by atoms with Gasteiger partial charge in [-0.2, -0.15) is 4.98 Å². The summed E-state index contributed by atoms with van der Waals surface area (Å²) in [6.07, 6.45) is 3.46. The van der Waals surface area contributed by atoms with Crippen LogP contribution in [0, 0.1) is 6.92 Å². The molecule has 3 N–H and O–H groups in total. The van der Waals surface area contributed by atoms with Crippen LogP contribution in [0.1, 0.15) is 12.5 Å². The molecule has 0 fully saturated rings. The van der Waals surface area contributed by atoms with Gasteiger partial charge in [0.15, 0.2) is 0 Å². The summed E-state index contributed by atoms with van der Waals surface area (Å²) in [4.78, 5) is 13.1. The maximum absolute atomic E-state index is 9.30. The Balaban J connectivity index is 1.98. The molecule has 0 spiro atoms. The molecule has 3 aromatic rings. The first-order chi connectivity index (χ1) is 12.5. The minimum atomic E-state index is -0.148. The first-order valence-corrected chi connectivity index (χ1v) is 9.04. The minimum Gasteiger partial charge on any atom is -0.394 e. The molecule has 6 nitrogen and oxygen atoms in total. The fraction of sp³-hybridized carbons (Fsp3) is 0.211. The van der Waals surface area contributed by atoms with Gasteiger partial charge in [-0.1, -0.05) is 15.9 Å². The van der Waals surface area contributed by atoms with Crippen molar-refractivity contribution in [1.29, 1.82) is 0 Å². The van der Waals surface area contributed by atoms with Crippen LogP contribution < -0.4 is 10.6 Å². The van der Waals surface area contributed by atoms with Gasteiger partial charge < -0.3 is 15.7 Å². The summed E-state index contributed by atoms with van der Waals surface area (Å²) in [5.74, 6) is 1.13. The molecule has 0 saturated carbocycles. The van der Waals surface area contributed by atoms with E-state index in [0.29, 0.717) is 11.8 Å². The zero-order chi connectivity index (χ0) is 18.5. The van der Waals surface area contributed by atoms with Crippen LogP contribution in [-0.2, 0) is 0 Å². The van der Waals surface area contributed by atoms with E-state index in [4.69, 9.17) is 0 Å². The van der Waals surface area contributed by atoms with Gasteiger partial charge in [0.1, 0.15) is 5.82 Å². The van der Waals surface area contributed by atoms with Crippen LogP contribution in [0.5, 0.6) is 0 Å². The Labute approximate surface area is 160 Å². The highest BCUT2D eigenvalue weighted by atomic mass is 79.9. The predicted molar refractivity (Wildman–Crippen MR) is 108 cm³/mol. The Bertz CT molecular complexity index is 888. The lowest BCUT2D eigenvalue weighted by Crippen LogP contribution is -2.21. The Morgan fingerprint density at radius 2 is 1.88 bits per heavy atom. The molecule has 0 radical (unpaired) electrons. The van der Waals surface area contributed by atoms with Gasteiger partial charge in [-0.05, 0) is 49.7 Å². The number of hydrogen-bond donors (Lipinski definition) is 3. The number of anilines is 3. The van der Waals surface area contributed by atoms with Crippen molar-refractivity contribution in [2.45, 2.75) is 19.9 Å². The molecule has 0 aliphatic heterocycles. The van der Waals surface area contributed by atoms with E-state index in [9.17, 15) is 5.11 Å². The van der Waals surface area contributed by atoms with Gasteiger partial charge in [0.05, 0.1) is 12.3 Å². The third kappa shape index (κ3) is 4.56. The van der Waals surface area contributed by atoms with Crippen LogP contribution in [0.25, 0.3) is 11.3 Å². The normalized spacial score (nSPS) is 11.8. The van der Waals surface area contributed by atoms with Crippen LogP contribution in [0.4, 0.5) is 17.5 Å². The number of nitrogens with zero attached hydrogens (tertiary/aromatic N) is 3. The van der Waals surface area contributed by atoms with E-state index in [-0.39, 0.29) is 12.6 Å². The maximum Gasteiger partial charge on any atom is 0.225 e. The summed E-state index contributed by atoms with van der Waals surface area (Å²) in [5.41, 5.74) is 3.78. The van der Waals surface area contributed by atoms with Crippen LogP contribution in [-0.4, -0.2) is 32.7 Å². The first-order valence-electron chi connectivity index (χ1n) is 8.25. The van der Waals surface area contributed by atoms with Crippen molar-refractivity contribution in [3.63, 3.8) is 0 Å². The van der Waals surface area contributed by atoms with Crippen molar-refractivity contribution in [1.82, 2.24) is 15.0 Å². The lowest BCUT2D eigenvalue weighted by molar-refractivity contribution is 0.281.